The summed E-state index contributed by atoms with van der Waals surface area (Å²) in [7, 11) is 0. The number of nitrogens with zero attached hydrogens (tertiary/aromatic N) is 1. The third kappa shape index (κ3) is 3.78. The summed E-state index contributed by atoms with van der Waals surface area (Å²) in [6, 6.07) is 24.5. The topological polar surface area (TPSA) is 66.0 Å². The van der Waals surface area contributed by atoms with Gasteiger partial charge in [0.05, 0.1) is 5.56 Å². The Bertz CT molecular complexity index is 1280. The van der Waals surface area contributed by atoms with E-state index in [0.717, 1.165) is 10.8 Å². The molecule has 0 saturated carbocycles. The van der Waals surface area contributed by atoms with E-state index in [-0.39, 0.29) is 11.3 Å². The van der Waals surface area contributed by atoms with E-state index in [2.05, 4.69) is 5.32 Å². The molecule has 5 heteroatoms. The van der Waals surface area contributed by atoms with Crippen molar-refractivity contribution in [1.29, 1.82) is 5.26 Å². The highest BCUT2D eigenvalue weighted by Crippen LogP contribution is 2.26. The zero-order valence-corrected chi connectivity index (χ0v) is 15.2. The predicted octanol–water partition coefficient (Wildman–Crippen LogP) is 5.78. The fourth-order valence-corrected chi connectivity index (χ4v) is 3.05. The minimum Gasteiger partial charge on any atom is -0.457 e. The molecular weight excluding hydrogens is 367 g/mol. The Morgan fingerprint density at radius 1 is 0.966 bits per heavy atom. The first-order valence-corrected chi connectivity index (χ1v) is 8.91. The number of benzene rings is 3. The molecule has 0 saturated heterocycles. The van der Waals surface area contributed by atoms with Gasteiger partial charge in [-0.3, -0.25) is 4.79 Å². The molecular formula is C24H15FN2O2. The van der Waals surface area contributed by atoms with E-state index in [1.165, 1.54) is 12.1 Å². The molecule has 0 aliphatic rings. The van der Waals surface area contributed by atoms with Crippen LogP contribution in [0.1, 0.15) is 5.76 Å². The summed E-state index contributed by atoms with van der Waals surface area (Å²) in [5, 5.41) is 14.1. The maximum absolute atomic E-state index is 13.9. The fraction of sp³-hybridized carbons (Fsp3) is 0. The van der Waals surface area contributed by atoms with Crippen molar-refractivity contribution in [3.63, 3.8) is 0 Å². The highest BCUT2D eigenvalue weighted by Gasteiger charge is 2.13. The number of nitriles is 1. The van der Waals surface area contributed by atoms with Crippen molar-refractivity contribution in [2.24, 2.45) is 0 Å². The van der Waals surface area contributed by atoms with Crippen molar-refractivity contribution in [3.05, 3.63) is 96.0 Å². The Morgan fingerprint density at radius 3 is 2.55 bits per heavy atom. The Balaban J connectivity index is 1.60. The van der Waals surface area contributed by atoms with Gasteiger partial charge in [0.25, 0.3) is 5.91 Å². The van der Waals surface area contributed by atoms with E-state index in [9.17, 15) is 14.4 Å². The Hall–Kier alpha value is -4.17. The highest BCUT2D eigenvalue weighted by atomic mass is 19.1. The summed E-state index contributed by atoms with van der Waals surface area (Å²) in [6.45, 7) is 0. The molecule has 0 atom stereocenters. The number of nitrogens with one attached hydrogen (secondary N) is 1. The van der Waals surface area contributed by atoms with Crippen molar-refractivity contribution < 1.29 is 13.6 Å². The molecule has 0 aliphatic heterocycles. The number of carbonyl (C=O) groups is 1. The van der Waals surface area contributed by atoms with E-state index in [1.54, 1.807) is 36.4 Å². The second-order valence-electron chi connectivity index (χ2n) is 6.33. The van der Waals surface area contributed by atoms with Crippen molar-refractivity contribution in [1.82, 2.24) is 0 Å². The molecule has 1 heterocycles. The minimum absolute atomic E-state index is 0.118. The third-order valence-electron chi connectivity index (χ3n) is 4.46. The first-order valence-electron chi connectivity index (χ1n) is 8.91. The number of amides is 1. The molecule has 0 radical (unpaired) electrons. The minimum atomic E-state index is -0.548. The van der Waals surface area contributed by atoms with Gasteiger partial charge in [-0.2, -0.15) is 5.26 Å². The van der Waals surface area contributed by atoms with Crippen molar-refractivity contribution in [2.75, 3.05) is 5.32 Å². The standard InChI is InChI=1S/C24H15FN2O2/c25-21-10-4-3-9-20(21)23-13-12-18(29-23)14-17(15-26)24(28)27-22-11-5-7-16-6-1-2-8-19(16)22/h1-14H,(H,27,28)/b17-14+. The Morgan fingerprint density at radius 2 is 1.72 bits per heavy atom. The van der Waals surface area contributed by atoms with E-state index in [1.807, 2.05) is 42.5 Å². The largest absolute Gasteiger partial charge is 0.457 e. The van der Waals surface area contributed by atoms with Gasteiger partial charge < -0.3 is 9.73 Å². The van der Waals surface area contributed by atoms with Crippen molar-refractivity contribution in [3.8, 4) is 17.4 Å². The first-order chi connectivity index (χ1) is 14.2. The normalized spacial score (nSPS) is 11.2. The number of carbonyl (C=O) groups excluding carboxylic acids is 1. The molecule has 29 heavy (non-hydrogen) atoms. The average Bonchev–Trinajstić information content (AvgIpc) is 3.21. The van der Waals surface area contributed by atoms with Gasteiger partial charge in [0.2, 0.25) is 0 Å². The van der Waals surface area contributed by atoms with E-state index < -0.39 is 11.7 Å². The molecule has 1 aromatic heterocycles. The van der Waals surface area contributed by atoms with Crippen LogP contribution in [0.2, 0.25) is 0 Å². The molecule has 0 spiro atoms. The second kappa shape index (κ2) is 7.83. The zero-order chi connectivity index (χ0) is 20.2. The summed E-state index contributed by atoms with van der Waals surface area (Å²) >= 11 is 0. The molecule has 0 bridgehead atoms. The van der Waals surface area contributed by atoms with Gasteiger partial charge in [0, 0.05) is 17.1 Å². The monoisotopic (exact) mass is 382 g/mol. The molecule has 0 fully saturated rings. The van der Waals surface area contributed by atoms with Crippen LogP contribution in [-0.2, 0) is 4.79 Å². The van der Waals surface area contributed by atoms with Crippen LogP contribution in [0.25, 0.3) is 28.2 Å². The lowest BCUT2D eigenvalue weighted by Gasteiger charge is -2.08. The molecule has 3 aromatic carbocycles. The zero-order valence-electron chi connectivity index (χ0n) is 15.2. The van der Waals surface area contributed by atoms with E-state index in [4.69, 9.17) is 4.42 Å². The van der Waals surface area contributed by atoms with E-state index in [0.29, 0.717) is 17.0 Å². The smallest absolute Gasteiger partial charge is 0.266 e. The van der Waals surface area contributed by atoms with Gasteiger partial charge in [-0.25, -0.2) is 4.39 Å². The highest BCUT2D eigenvalue weighted by molar-refractivity contribution is 6.12. The number of rotatable bonds is 4. The molecule has 1 amide bonds. The predicted molar refractivity (Wildman–Crippen MR) is 110 cm³/mol. The summed E-state index contributed by atoms with van der Waals surface area (Å²) < 4.78 is 19.5. The number of furan rings is 1. The van der Waals surface area contributed by atoms with Gasteiger partial charge in [-0.1, -0.05) is 48.5 Å². The van der Waals surface area contributed by atoms with Gasteiger partial charge in [-0.15, -0.1) is 0 Å². The van der Waals surface area contributed by atoms with Gasteiger partial charge in [-0.05, 0) is 35.7 Å². The van der Waals surface area contributed by atoms with E-state index >= 15 is 0 Å². The fourth-order valence-electron chi connectivity index (χ4n) is 3.05. The average molecular weight is 382 g/mol. The van der Waals surface area contributed by atoms with Crippen LogP contribution in [0, 0.1) is 17.1 Å². The van der Waals surface area contributed by atoms with Crippen LogP contribution in [-0.4, -0.2) is 5.91 Å². The number of hydrogen-bond donors (Lipinski definition) is 1. The van der Waals surface area contributed by atoms with Crippen LogP contribution in [0.5, 0.6) is 0 Å². The van der Waals surface area contributed by atoms with Crippen molar-refractivity contribution in [2.45, 2.75) is 0 Å². The molecule has 140 valence electrons. The van der Waals surface area contributed by atoms with Gasteiger partial charge in [0.1, 0.15) is 29.0 Å². The Kier molecular flexibility index (Phi) is 4.91. The molecule has 4 aromatic rings. The lowest BCUT2D eigenvalue weighted by Crippen LogP contribution is -2.13. The molecule has 0 unspecified atom stereocenters. The second-order valence-corrected chi connectivity index (χ2v) is 6.33. The summed E-state index contributed by atoms with van der Waals surface area (Å²) in [4.78, 5) is 12.6. The Labute approximate surface area is 166 Å². The number of halogens is 1. The maximum Gasteiger partial charge on any atom is 0.266 e. The van der Waals surface area contributed by atoms with Crippen molar-refractivity contribution >= 4 is 28.4 Å². The van der Waals surface area contributed by atoms with Crippen LogP contribution in [0.4, 0.5) is 10.1 Å². The van der Waals surface area contributed by atoms with Crippen LogP contribution in [0.15, 0.2) is 88.9 Å². The quantitative estimate of drug-likeness (QED) is 0.359. The SMILES string of the molecule is N#C/C(=C\c1ccc(-c2ccccc2F)o1)C(=O)Nc1cccc2ccccc12. The van der Waals surface area contributed by atoms with Crippen LogP contribution in [0.3, 0.4) is 0 Å². The number of anilines is 1. The first kappa shape index (κ1) is 18.2. The molecule has 4 rings (SSSR count). The molecule has 1 N–H and O–H groups in total. The van der Waals surface area contributed by atoms with Gasteiger partial charge >= 0.3 is 0 Å². The number of hydrogen-bond acceptors (Lipinski definition) is 3. The van der Waals surface area contributed by atoms with Crippen LogP contribution < -0.4 is 5.32 Å². The summed E-state index contributed by atoms with van der Waals surface area (Å²) in [5.74, 6) is -0.353. The van der Waals surface area contributed by atoms with Gasteiger partial charge in [0.15, 0.2) is 0 Å². The molecule has 0 aliphatic carbocycles. The third-order valence-corrected chi connectivity index (χ3v) is 4.46. The summed E-state index contributed by atoms with van der Waals surface area (Å²) in [6.07, 6.45) is 1.34. The number of fused-ring (bicyclic) bond motifs is 1. The van der Waals surface area contributed by atoms with Crippen LogP contribution >= 0.6 is 0 Å². The maximum atomic E-state index is 13.9. The lowest BCUT2D eigenvalue weighted by molar-refractivity contribution is -0.112. The summed E-state index contributed by atoms with van der Waals surface area (Å²) in [5.41, 5.74) is 0.805. The lowest BCUT2D eigenvalue weighted by atomic mass is 10.1. The molecule has 4 nitrogen and oxygen atoms in total.